The van der Waals surface area contributed by atoms with Crippen LogP contribution in [0.4, 0.5) is 11.4 Å². The van der Waals surface area contributed by atoms with Crippen LogP contribution < -0.4 is 10.0 Å². The van der Waals surface area contributed by atoms with Crippen molar-refractivity contribution in [3.05, 3.63) is 52.5 Å². The Morgan fingerprint density at radius 1 is 1.12 bits per heavy atom. The van der Waals surface area contributed by atoms with Gasteiger partial charge in [-0.3, -0.25) is 9.52 Å². The molecule has 0 aliphatic carbocycles. The molecule has 0 saturated carbocycles. The molecule has 1 amide bonds. The highest BCUT2D eigenvalue weighted by molar-refractivity contribution is 7.92. The van der Waals surface area contributed by atoms with Gasteiger partial charge >= 0.3 is 0 Å². The molecule has 126 valence electrons. The second kappa shape index (κ2) is 5.50. The van der Waals surface area contributed by atoms with Crippen LogP contribution in [0.1, 0.15) is 25.0 Å². The van der Waals surface area contributed by atoms with E-state index >= 15 is 0 Å². The molecule has 0 spiro atoms. The first kappa shape index (κ1) is 16.8. The second-order valence-corrected chi connectivity index (χ2v) is 8.47. The van der Waals surface area contributed by atoms with Crippen LogP contribution in [0.2, 0.25) is 5.02 Å². The second-order valence-electron chi connectivity index (χ2n) is 6.35. The van der Waals surface area contributed by atoms with Crippen LogP contribution in [0.5, 0.6) is 0 Å². The molecule has 0 radical (unpaired) electrons. The lowest BCUT2D eigenvalue weighted by atomic mass is 9.86. The number of carbonyl (C=O) groups is 1. The number of fused-ring (bicyclic) bond motifs is 1. The minimum absolute atomic E-state index is 0.111. The van der Waals surface area contributed by atoms with E-state index in [4.69, 9.17) is 11.6 Å². The molecule has 0 fully saturated rings. The Morgan fingerprint density at radius 3 is 2.50 bits per heavy atom. The van der Waals surface area contributed by atoms with Gasteiger partial charge in [-0.2, -0.15) is 0 Å². The van der Waals surface area contributed by atoms with Gasteiger partial charge in [0.05, 0.1) is 16.0 Å². The van der Waals surface area contributed by atoms with Gasteiger partial charge in [0.15, 0.2) is 0 Å². The summed E-state index contributed by atoms with van der Waals surface area (Å²) in [5.41, 5.74) is 1.74. The van der Waals surface area contributed by atoms with Gasteiger partial charge in [-0.15, -0.1) is 0 Å². The molecule has 0 bridgehead atoms. The van der Waals surface area contributed by atoms with Gasteiger partial charge in [0.2, 0.25) is 5.91 Å². The van der Waals surface area contributed by atoms with Crippen LogP contribution in [-0.2, 0) is 20.2 Å². The molecule has 0 atom stereocenters. The third-order valence-corrected chi connectivity index (χ3v) is 5.82. The van der Waals surface area contributed by atoms with Crippen molar-refractivity contribution >= 4 is 38.9 Å². The van der Waals surface area contributed by atoms with Crippen molar-refractivity contribution in [1.82, 2.24) is 0 Å². The van der Waals surface area contributed by atoms with Gasteiger partial charge in [0, 0.05) is 10.7 Å². The number of amides is 1. The molecular formula is C17H17ClN2O3S. The Bertz CT molecular complexity index is 952. The average Bonchev–Trinajstić information content (AvgIpc) is 2.72. The van der Waals surface area contributed by atoms with E-state index in [2.05, 4.69) is 10.0 Å². The molecule has 0 unspecified atom stereocenters. The molecule has 0 saturated heterocycles. The first-order valence-corrected chi connectivity index (χ1v) is 9.22. The fourth-order valence-electron chi connectivity index (χ4n) is 2.66. The van der Waals surface area contributed by atoms with Crippen molar-refractivity contribution in [2.45, 2.75) is 31.1 Å². The van der Waals surface area contributed by atoms with Crippen molar-refractivity contribution in [3.8, 4) is 0 Å². The van der Waals surface area contributed by atoms with Gasteiger partial charge in [-0.05, 0) is 68.3 Å². The number of aryl methyl sites for hydroxylation is 1. The summed E-state index contributed by atoms with van der Waals surface area (Å²) in [6.45, 7) is 5.31. The van der Waals surface area contributed by atoms with E-state index in [1.807, 2.05) is 0 Å². The summed E-state index contributed by atoms with van der Waals surface area (Å²) in [5.74, 6) is -0.145. The van der Waals surface area contributed by atoms with Gasteiger partial charge in [-0.25, -0.2) is 8.42 Å². The monoisotopic (exact) mass is 364 g/mol. The molecule has 3 rings (SSSR count). The Hall–Kier alpha value is -2.05. The summed E-state index contributed by atoms with van der Waals surface area (Å²) < 4.78 is 27.9. The molecule has 1 aliphatic heterocycles. The predicted octanol–water partition coefficient (Wildman–Crippen LogP) is 3.68. The quantitative estimate of drug-likeness (QED) is 0.872. The molecule has 7 heteroatoms. The predicted molar refractivity (Wildman–Crippen MR) is 95.1 cm³/mol. The fourth-order valence-corrected chi connectivity index (χ4v) is 4.05. The minimum Gasteiger partial charge on any atom is -0.325 e. The molecule has 1 heterocycles. The van der Waals surface area contributed by atoms with Crippen LogP contribution in [0.25, 0.3) is 0 Å². The van der Waals surface area contributed by atoms with Crippen LogP contribution in [-0.4, -0.2) is 14.3 Å². The molecule has 2 aromatic carbocycles. The molecule has 1 aliphatic rings. The Balaban J connectivity index is 2.00. The molecular weight excluding hydrogens is 348 g/mol. The molecule has 24 heavy (non-hydrogen) atoms. The fraction of sp³-hybridized carbons (Fsp3) is 0.235. The maximum atomic E-state index is 12.7. The molecule has 2 N–H and O–H groups in total. The highest BCUT2D eigenvalue weighted by atomic mass is 35.5. The number of nitrogens with one attached hydrogen (secondary N) is 2. The van der Waals surface area contributed by atoms with Crippen molar-refractivity contribution in [1.29, 1.82) is 0 Å². The van der Waals surface area contributed by atoms with E-state index in [0.29, 0.717) is 22.0 Å². The van der Waals surface area contributed by atoms with E-state index in [0.717, 1.165) is 5.56 Å². The number of anilines is 2. The van der Waals surface area contributed by atoms with E-state index < -0.39 is 15.4 Å². The van der Waals surface area contributed by atoms with Crippen molar-refractivity contribution < 1.29 is 13.2 Å². The third-order valence-electron chi connectivity index (χ3n) is 4.22. The summed E-state index contributed by atoms with van der Waals surface area (Å²) in [7, 11) is -3.77. The van der Waals surface area contributed by atoms with Crippen molar-refractivity contribution in [3.63, 3.8) is 0 Å². The highest BCUT2D eigenvalue weighted by Crippen LogP contribution is 2.38. The van der Waals surface area contributed by atoms with E-state index in [-0.39, 0.29) is 10.8 Å². The summed E-state index contributed by atoms with van der Waals surface area (Å²) in [6.07, 6.45) is 0. The number of rotatable bonds is 3. The van der Waals surface area contributed by atoms with Gasteiger partial charge in [-0.1, -0.05) is 11.6 Å². The molecule has 0 aromatic heterocycles. The number of hydrogen-bond acceptors (Lipinski definition) is 3. The summed E-state index contributed by atoms with van der Waals surface area (Å²) in [5, 5.41) is 3.30. The average molecular weight is 365 g/mol. The Kier molecular flexibility index (Phi) is 3.85. The number of sulfonamides is 1. The topological polar surface area (TPSA) is 75.3 Å². The van der Waals surface area contributed by atoms with E-state index in [1.165, 1.54) is 6.07 Å². The van der Waals surface area contributed by atoms with Crippen molar-refractivity contribution in [2.75, 3.05) is 10.0 Å². The zero-order valence-corrected chi connectivity index (χ0v) is 15.0. The largest absolute Gasteiger partial charge is 0.325 e. The summed E-state index contributed by atoms with van der Waals surface area (Å²) in [4.78, 5) is 12.1. The minimum atomic E-state index is -3.77. The molecule has 5 nitrogen and oxygen atoms in total. The first-order chi connectivity index (χ1) is 11.1. The lowest BCUT2D eigenvalue weighted by Crippen LogP contribution is -2.27. The van der Waals surface area contributed by atoms with Crippen LogP contribution in [0.15, 0.2) is 41.3 Å². The van der Waals surface area contributed by atoms with Crippen LogP contribution in [0.3, 0.4) is 0 Å². The van der Waals surface area contributed by atoms with Crippen molar-refractivity contribution in [2.24, 2.45) is 0 Å². The standard InChI is InChI=1S/C17H17ClN2O3S/c1-10-8-11(18)4-6-14(10)20-24(22,23)12-5-7-15-13(9-12)17(2,3)16(21)19-15/h4-9,20H,1-3H3,(H,19,21). The van der Waals surface area contributed by atoms with Gasteiger partial charge in [0.1, 0.15) is 0 Å². The summed E-state index contributed by atoms with van der Waals surface area (Å²) in [6, 6.07) is 9.58. The van der Waals surface area contributed by atoms with Crippen LogP contribution >= 0.6 is 11.6 Å². The first-order valence-electron chi connectivity index (χ1n) is 7.36. The van der Waals surface area contributed by atoms with Crippen LogP contribution in [0, 0.1) is 6.92 Å². The van der Waals surface area contributed by atoms with Gasteiger partial charge < -0.3 is 5.32 Å². The van der Waals surface area contributed by atoms with E-state index in [9.17, 15) is 13.2 Å². The molecule has 2 aromatic rings. The van der Waals surface area contributed by atoms with Gasteiger partial charge in [0.25, 0.3) is 10.0 Å². The normalized spacial score (nSPS) is 15.8. The summed E-state index contributed by atoms with van der Waals surface area (Å²) >= 11 is 5.90. The SMILES string of the molecule is Cc1cc(Cl)ccc1NS(=O)(=O)c1ccc2c(c1)C(C)(C)C(=O)N2. The number of halogens is 1. The number of hydrogen-bond donors (Lipinski definition) is 2. The lowest BCUT2D eigenvalue weighted by molar-refractivity contribution is -0.119. The third kappa shape index (κ3) is 2.76. The zero-order chi connectivity index (χ0) is 17.7. The maximum absolute atomic E-state index is 12.7. The Morgan fingerprint density at radius 2 is 1.83 bits per heavy atom. The highest BCUT2D eigenvalue weighted by Gasteiger charge is 2.39. The van der Waals surface area contributed by atoms with E-state index in [1.54, 1.807) is 51.1 Å². The number of carbonyl (C=O) groups excluding carboxylic acids is 1. The zero-order valence-electron chi connectivity index (χ0n) is 13.5. The smallest absolute Gasteiger partial charge is 0.261 e. The Labute approximate surface area is 146 Å². The maximum Gasteiger partial charge on any atom is 0.261 e. The number of benzene rings is 2. The lowest BCUT2D eigenvalue weighted by Gasteiger charge is -2.16.